The minimum absolute atomic E-state index is 0.0198. The topological polar surface area (TPSA) is 149 Å². The number of nitrogens with zero attached hydrogens (tertiary/aromatic N) is 3. The quantitative estimate of drug-likeness (QED) is 0.247. The molecule has 0 spiro atoms. The predicted molar refractivity (Wildman–Crippen MR) is 174 cm³/mol. The molecule has 2 aliphatic heterocycles. The molecule has 0 bridgehead atoms. The highest BCUT2D eigenvalue weighted by molar-refractivity contribution is 6.24. The Labute approximate surface area is 273 Å². The summed E-state index contributed by atoms with van der Waals surface area (Å²) < 4.78 is 8.65. The van der Waals surface area contributed by atoms with Crippen LogP contribution >= 0.6 is 0 Å². The molecular formula is C36H29N5O7. The highest BCUT2D eigenvalue weighted by Crippen LogP contribution is 2.28. The fourth-order valence-corrected chi connectivity index (χ4v) is 6.18. The molecular weight excluding hydrogens is 614 g/mol. The molecule has 5 aromatic rings. The van der Waals surface area contributed by atoms with Gasteiger partial charge in [-0.3, -0.25) is 43.3 Å². The van der Waals surface area contributed by atoms with Crippen LogP contribution in [0.4, 0.5) is 0 Å². The second kappa shape index (κ2) is 12.1. The normalized spacial score (nSPS) is 15.9. The number of aromatic nitrogens is 2. The van der Waals surface area contributed by atoms with E-state index in [2.05, 4.69) is 10.6 Å². The van der Waals surface area contributed by atoms with Gasteiger partial charge in [-0.1, -0.05) is 36.4 Å². The largest absolute Gasteiger partial charge is 0.497 e. The van der Waals surface area contributed by atoms with Crippen LogP contribution in [0.5, 0.6) is 5.75 Å². The first kappa shape index (κ1) is 30.4. The number of methoxy groups -OCH3 is 1. The molecule has 2 N–H and O–H groups in total. The smallest absolute Gasteiger partial charge is 0.334 e. The van der Waals surface area contributed by atoms with Crippen LogP contribution in [0.25, 0.3) is 16.7 Å². The monoisotopic (exact) mass is 643 g/mol. The number of imidazole rings is 1. The Morgan fingerprint density at radius 2 is 1.52 bits per heavy atom. The van der Waals surface area contributed by atoms with Crippen molar-refractivity contribution in [2.75, 3.05) is 7.11 Å². The summed E-state index contributed by atoms with van der Waals surface area (Å²) in [5.41, 5.74) is 4.17. The van der Waals surface area contributed by atoms with E-state index in [0.29, 0.717) is 12.3 Å². The maximum Gasteiger partial charge on any atom is 0.334 e. The Bertz CT molecular complexity index is 2200. The summed E-state index contributed by atoms with van der Waals surface area (Å²) in [6, 6.07) is 25.6. The Balaban J connectivity index is 1.03. The average molecular weight is 644 g/mol. The van der Waals surface area contributed by atoms with Gasteiger partial charge in [-0.15, -0.1) is 0 Å². The lowest BCUT2D eigenvalue weighted by Gasteiger charge is -2.27. The zero-order chi connectivity index (χ0) is 33.5. The molecule has 2 aliphatic rings. The maximum atomic E-state index is 13.6. The van der Waals surface area contributed by atoms with Crippen molar-refractivity contribution in [3.63, 3.8) is 0 Å². The number of hydrogen-bond donors (Lipinski definition) is 2. The molecule has 1 atom stereocenters. The number of rotatable bonds is 8. The van der Waals surface area contributed by atoms with Gasteiger partial charge in [0.1, 0.15) is 11.8 Å². The van der Waals surface area contributed by atoms with Crippen molar-refractivity contribution in [3.05, 3.63) is 129 Å². The van der Waals surface area contributed by atoms with E-state index in [1.54, 1.807) is 16.2 Å². The number of ether oxygens (including phenoxy) is 1. The number of amides is 5. The third-order valence-corrected chi connectivity index (χ3v) is 8.68. The predicted octanol–water partition coefficient (Wildman–Crippen LogP) is 3.18. The first-order valence-electron chi connectivity index (χ1n) is 15.3. The SMILES string of the molecule is COc1ccc(-n2c(=O)n(Cc3ccc(CNC(=O)c4ccc5c(c4)C(=O)N(C4CCC(=O)NC4=O)C5=O)cc3)c3ccccc32)cc1. The van der Waals surface area contributed by atoms with Crippen molar-refractivity contribution in [3.8, 4) is 11.4 Å². The van der Waals surface area contributed by atoms with E-state index in [0.717, 1.165) is 32.7 Å². The molecule has 1 fully saturated rings. The molecule has 48 heavy (non-hydrogen) atoms. The zero-order valence-electron chi connectivity index (χ0n) is 25.8. The van der Waals surface area contributed by atoms with E-state index in [1.165, 1.54) is 18.2 Å². The number of carbonyl (C=O) groups excluding carboxylic acids is 5. The highest BCUT2D eigenvalue weighted by Gasteiger charge is 2.44. The van der Waals surface area contributed by atoms with Gasteiger partial charge in [0.2, 0.25) is 11.8 Å². The van der Waals surface area contributed by atoms with Crippen molar-refractivity contribution in [2.45, 2.75) is 32.0 Å². The fourth-order valence-electron chi connectivity index (χ4n) is 6.18. The van der Waals surface area contributed by atoms with Gasteiger partial charge in [-0.2, -0.15) is 0 Å². The number of piperidine rings is 1. The van der Waals surface area contributed by atoms with Gasteiger partial charge in [0.15, 0.2) is 0 Å². The standard InChI is InChI=1S/C36H29N5O7/c1-48-25-13-11-24(12-14-25)40-29-5-3-2-4-28(29)39(36(40)47)20-22-8-6-21(7-9-22)19-37-32(43)23-10-15-26-27(18-23)35(46)41(34(26)45)30-16-17-31(42)38-33(30)44/h2-15,18,30H,16-17,19-20H2,1H3,(H,37,43)(H,38,42,44). The third-order valence-electron chi connectivity index (χ3n) is 8.68. The van der Waals surface area contributed by atoms with Crippen LogP contribution < -0.4 is 21.1 Å². The van der Waals surface area contributed by atoms with Gasteiger partial charge in [-0.05, 0) is 72.1 Å². The first-order valence-corrected chi connectivity index (χ1v) is 15.3. The van der Waals surface area contributed by atoms with Gasteiger partial charge in [0.05, 0.1) is 41.5 Å². The van der Waals surface area contributed by atoms with Crippen molar-refractivity contribution in [2.24, 2.45) is 0 Å². The number of nitrogens with one attached hydrogen (secondary N) is 2. The molecule has 0 aliphatic carbocycles. The van der Waals surface area contributed by atoms with E-state index in [4.69, 9.17) is 4.74 Å². The summed E-state index contributed by atoms with van der Waals surface area (Å²) in [7, 11) is 1.59. The van der Waals surface area contributed by atoms with Crippen molar-refractivity contribution in [1.29, 1.82) is 0 Å². The number of fused-ring (bicyclic) bond motifs is 2. The van der Waals surface area contributed by atoms with Crippen LogP contribution in [0.1, 0.15) is 55.0 Å². The van der Waals surface area contributed by atoms with E-state index in [1.807, 2.05) is 72.8 Å². The molecule has 0 radical (unpaired) electrons. The van der Waals surface area contributed by atoms with Gasteiger partial charge < -0.3 is 10.1 Å². The summed E-state index contributed by atoms with van der Waals surface area (Å²) in [4.78, 5) is 77.5. The first-order chi connectivity index (χ1) is 23.2. The number of benzene rings is 4. The lowest BCUT2D eigenvalue weighted by molar-refractivity contribution is -0.136. The molecule has 12 nitrogen and oxygen atoms in total. The van der Waals surface area contributed by atoms with Crippen molar-refractivity contribution in [1.82, 2.24) is 24.7 Å². The van der Waals surface area contributed by atoms with Crippen LogP contribution in [-0.4, -0.2) is 56.7 Å². The number of hydrogen-bond acceptors (Lipinski definition) is 7. The summed E-state index contributed by atoms with van der Waals surface area (Å²) >= 11 is 0. The number of imide groups is 2. The molecule has 1 saturated heterocycles. The maximum absolute atomic E-state index is 13.6. The molecule has 4 aromatic carbocycles. The average Bonchev–Trinajstić information content (AvgIpc) is 3.52. The van der Waals surface area contributed by atoms with Crippen molar-refractivity contribution < 1.29 is 28.7 Å². The van der Waals surface area contributed by atoms with Crippen LogP contribution in [0, 0.1) is 0 Å². The third kappa shape index (κ3) is 5.32. The van der Waals surface area contributed by atoms with Crippen LogP contribution in [0.2, 0.25) is 0 Å². The van der Waals surface area contributed by atoms with Gasteiger partial charge in [0, 0.05) is 18.5 Å². The minimum atomic E-state index is -1.08. The zero-order valence-corrected chi connectivity index (χ0v) is 25.8. The molecule has 7 rings (SSSR count). The van der Waals surface area contributed by atoms with Crippen LogP contribution in [0.3, 0.4) is 0 Å². The lowest BCUT2D eigenvalue weighted by Crippen LogP contribution is -2.54. The summed E-state index contributed by atoms with van der Waals surface area (Å²) in [6.45, 7) is 0.537. The van der Waals surface area contributed by atoms with E-state index in [-0.39, 0.29) is 41.8 Å². The summed E-state index contributed by atoms with van der Waals surface area (Å²) in [5.74, 6) is -2.21. The molecule has 0 saturated carbocycles. The summed E-state index contributed by atoms with van der Waals surface area (Å²) in [5, 5.41) is 5.00. The Morgan fingerprint density at radius 1 is 0.833 bits per heavy atom. The Morgan fingerprint density at radius 3 is 2.23 bits per heavy atom. The van der Waals surface area contributed by atoms with E-state index < -0.39 is 35.6 Å². The summed E-state index contributed by atoms with van der Waals surface area (Å²) in [6.07, 6.45) is 0.0675. The van der Waals surface area contributed by atoms with Gasteiger partial charge in [0.25, 0.3) is 17.7 Å². The number of para-hydroxylation sites is 2. The fraction of sp³-hybridized carbons (Fsp3) is 0.167. The molecule has 12 heteroatoms. The second-order valence-electron chi connectivity index (χ2n) is 11.6. The highest BCUT2D eigenvalue weighted by atomic mass is 16.5. The lowest BCUT2D eigenvalue weighted by atomic mass is 10.0. The Kier molecular flexibility index (Phi) is 7.68. The molecule has 1 unspecified atom stereocenters. The van der Waals surface area contributed by atoms with Gasteiger partial charge in [-0.25, -0.2) is 4.79 Å². The Hall–Kier alpha value is -6.30. The number of carbonyl (C=O) groups is 5. The molecule has 5 amide bonds. The molecule has 1 aromatic heterocycles. The van der Waals surface area contributed by atoms with Crippen molar-refractivity contribution >= 4 is 40.6 Å². The minimum Gasteiger partial charge on any atom is -0.497 e. The van der Waals surface area contributed by atoms with Crippen LogP contribution in [0.15, 0.2) is 95.8 Å². The van der Waals surface area contributed by atoms with Gasteiger partial charge >= 0.3 is 5.69 Å². The molecule has 240 valence electrons. The van der Waals surface area contributed by atoms with E-state index in [9.17, 15) is 28.8 Å². The second-order valence-corrected chi connectivity index (χ2v) is 11.6. The molecule has 3 heterocycles. The van der Waals surface area contributed by atoms with Crippen LogP contribution in [-0.2, 0) is 22.7 Å². The van der Waals surface area contributed by atoms with E-state index >= 15 is 0 Å².